The van der Waals surface area contributed by atoms with Crippen LogP contribution >= 0.6 is 11.6 Å². The molecule has 92 valence electrons. The van der Waals surface area contributed by atoms with E-state index in [-0.39, 0.29) is 17.5 Å². The van der Waals surface area contributed by atoms with E-state index in [0.717, 1.165) is 0 Å². The van der Waals surface area contributed by atoms with E-state index in [1.54, 1.807) is 11.9 Å². The first-order valence-corrected chi connectivity index (χ1v) is 5.60. The highest BCUT2D eigenvalue weighted by molar-refractivity contribution is 6.31. The number of nitrogens with two attached hydrogens (primary N) is 1. The van der Waals surface area contributed by atoms with Crippen LogP contribution in [-0.4, -0.2) is 37.5 Å². The molecule has 17 heavy (non-hydrogen) atoms. The monoisotopic (exact) mass is 257 g/mol. The number of hydrogen-bond donors (Lipinski definition) is 1. The van der Waals surface area contributed by atoms with Gasteiger partial charge in [0.25, 0.3) is 0 Å². The lowest BCUT2D eigenvalue weighted by molar-refractivity contribution is -0.129. The van der Waals surface area contributed by atoms with E-state index in [4.69, 9.17) is 17.3 Å². The highest BCUT2D eigenvalue weighted by Gasteiger charge is 2.23. The maximum atomic E-state index is 13.2. The van der Waals surface area contributed by atoms with Gasteiger partial charge >= 0.3 is 0 Å². The Bertz CT molecular complexity index is 466. The number of carbonyl (C=O) groups is 1. The summed E-state index contributed by atoms with van der Waals surface area (Å²) < 4.78 is 13.2. The summed E-state index contributed by atoms with van der Waals surface area (Å²) in [7, 11) is 1.75. The summed E-state index contributed by atoms with van der Waals surface area (Å²) in [4.78, 5) is 15.0. The molecule has 0 unspecified atom stereocenters. The minimum Gasteiger partial charge on any atom is -0.397 e. The predicted octanol–water partition coefficient (Wildman–Crippen LogP) is 1.34. The van der Waals surface area contributed by atoms with Gasteiger partial charge in [0.05, 0.1) is 22.9 Å². The molecule has 0 saturated carbocycles. The van der Waals surface area contributed by atoms with Crippen molar-refractivity contribution in [3.63, 3.8) is 0 Å². The molecule has 0 aromatic heterocycles. The number of amides is 1. The van der Waals surface area contributed by atoms with E-state index in [2.05, 4.69) is 0 Å². The Hall–Kier alpha value is -1.49. The molecular formula is C11H13ClFN3O. The Labute approximate surface area is 104 Å². The van der Waals surface area contributed by atoms with E-state index in [0.29, 0.717) is 24.5 Å². The van der Waals surface area contributed by atoms with Crippen molar-refractivity contribution in [3.05, 3.63) is 23.0 Å². The van der Waals surface area contributed by atoms with Gasteiger partial charge in [-0.1, -0.05) is 11.6 Å². The first-order valence-electron chi connectivity index (χ1n) is 5.22. The molecule has 2 N–H and O–H groups in total. The number of hydrogen-bond acceptors (Lipinski definition) is 3. The second kappa shape index (κ2) is 4.41. The van der Waals surface area contributed by atoms with E-state index in [9.17, 15) is 9.18 Å². The number of anilines is 2. The second-order valence-electron chi connectivity index (χ2n) is 4.06. The summed E-state index contributed by atoms with van der Waals surface area (Å²) in [5.74, 6) is -0.538. The molecule has 2 rings (SSSR count). The third kappa shape index (κ3) is 2.29. The zero-order valence-corrected chi connectivity index (χ0v) is 10.2. The SMILES string of the molecule is CN1CCN(c2cc(Cl)c(F)cc2N)CC1=O. The number of piperazine rings is 1. The molecule has 1 saturated heterocycles. The Kier molecular flexibility index (Phi) is 3.11. The lowest BCUT2D eigenvalue weighted by Gasteiger charge is -2.34. The van der Waals surface area contributed by atoms with Crippen LogP contribution in [0.2, 0.25) is 5.02 Å². The third-order valence-electron chi connectivity index (χ3n) is 2.87. The minimum atomic E-state index is -0.548. The van der Waals surface area contributed by atoms with Crippen LogP contribution in [0.25, 0.3) is 0 Å². The molecule has 0 radical (unpaired) electrons. The van der Waals surface area contributed by atoms with Gasteiger partial charge in [-0.05, 0) is 6.07 Å². The van der Waals surface area contributed by atoms with Crippen molar-refractivity contribution in [2.24, 2.45) is 0 Å². The lowest BCUT2D eigenvalue weighted by atomic mass is 10.2. The van der Waals surface area contributed by atoms with Gasteiger partial charge in [0.2, 0.25) is 5.91 Å². The van der Waals surface area contributed by atoms with Crippen LogP contribution in [0.15, 0.2) is 12.1 Å². The van der Waals surface area contributed by atoms with Gasteiger partial charge in [-0.25, -0.2) is 4.39 Å². The molecule has 0 atom stereocenters. The van der Waals surface area contributed by atoms with Gasteiger partial charge in [-0.3, -0.25) is 4.79 Å². The molecule has 0 bridgehead atoms. The molecule has 0 aliphatic carbocycles. The molecule has 1 aliphatic rings. The number of likely N-dealkylation sites (N-methyl/N-ethyl adjacent to an activating group) is 1. The molecule has 1 amide bonds. The van der Waals surface area contributed by atoms with Crippen LogP contribution in [0.3, 0.4) is 0 Å². The predicted molar refractivity (Wildman–Crippen MR) is 65.7 cm³/mol. The van der Waals surface area contributed by atoms with Crippen LogP contribution < -0.4 is 10.6 Å². The number of nitrogen functional groups attached to an aromatic ring is 1. The molecule has 4 nitrogen and oxygen atoms in total. The van der Waals surface area contributed by atoms with Gasteiger partial charge in [0, 0.05) is 26.2 Å². The van der Waals surface area contributed by atoms with Gasteiger partial charge in [-0.2, -0.15) is 0 Å². The van der Waals surface area contributed by atoms with Crippen LogP contribution in [0.1, 0.15) is 0 Å². The zero-order valence-electron chi connectivity index (χ0n) is 9.41. The van der Waals surface area contributed by atoms with E-state index in [1.165, 1.54) is 12.1 Å². The summed E-state index contributed by atoms with van der Waals surface area (Å²) >= 11 is 5.72. The summed E-state index contributed by atoms with van der Waals surface area (Å²) in [5.41, 5.74) is 6.64. The normalized spacial score (nSPS) is 16.5. The fourth-order valence-electron chi connectivity index (χ4n) is 1.79. The number of halogens is 2. The van der Waals surface area contributed by atoms with E-state index in [1.807, 2.05) is 4.90 Å². The molecule has 1 fully saturated rings. The van der Waals surface area contributed by atoms with Crippen molar-refractivity contribution in [1.82, 2.24) is 4.90 Å². The number of benzene rings is 1. The molecular weight excluding hydrogens is 245 g/mol. The number of rotatable bonds is 1. The van der Waals surface area contributed by atoms with Crippen LogP contribution in [0.5, 0.6) is 0 Å². The average Bonchev–Trinajstić information content (AvgIpc) is 2.27. The Morgan fingerprint density at radius 2 is 2.12 bits per heavy atom. The minimum absolute atomic E-state index is 0.0103. The quantitative estimate of drug-likeness (QED) is 0.773. The molecule has 6 heteroatoms. The molecule has 1 aromatic rings. The zero-order chi connectivity index (χ0) is 12.6. The molecule has 1 aliphatic heterocycles. The topological polar surface area (TPSA) is 49.6 Å². The average molecular weight is 258 g/mol. The Morgan fingerprint density at radius 1 is 1.41 bits per heavy atom. The van der Waals surface area contributed by atoms with E-state index >= 15 is 0 Å². The van der Waals surface area contributed by atoms with E-state index < -0.39 is 5.82 Å². The third-order valence-corrected chi connectivity index (χ3v) is 3.16. The van der Waals surface area contributed by atoms with Crippen molar-refractivity contribution in [1.29, 1.82) is 0 Å². The molecule has 1 aromatic carbocycles. The first kappa shape index (κ1) is 12.0. The lowest BCUT2D eigenvalue weighted by Crippen LogP contribution is -2.48. The van der Waals surface area contributed by atoms with Gasteiger partial charge < -0.3 is 15.5 Å². The first-order chi connectivity index (χ1) is 7.99. The number of carbonyl (C=O) groups excluding carboxylic acids is 1. The van der Waals surface area contributed by atoms with Crippen LogP contribution in [0.4, 0.5) is 15.8 Å². The van der Waals surface area contributed by atoms with Crippen LogP contribution in [0, 0.1) is 5.82 Å². The molecule has 0 spiro atoms. The van der Waals surface area contributed by atoms with Gasteiger partial charge in [-0.15, -0.1) is 0 Å². The maximum absolute atomic E-state index is 13.2. The standard InChI is InChI=1S/C11H13ClFN3O/c1-15-2-3-16(6-11(15)17)10-4-7(12)8(13)5-9(10)14/h4-5H,2-3,6,14H2,1H3. The second-order valence-corrected chi connectivity index (χ2v) is 4.47. The van der Waals surface area contributed by atoms with Crippen molar-refractivity contribution < 1.29 is 9.18 Å². The summed E-state index contributed by atoms with van der Waals surface area (Å²) in [6, 6.07) is 2.64. The van der Waals surface area contributed by atoms with Crippen molar-refractivity contribution in [3.8, 4) is 0 Å². The fourth-order valence-corrected chi connectivity index (χ4v) is 1.95. The highest BCUT2D eigenvalue weighted by Crippen LogP contribution is 2.30. The smallest absolute Gasteiger partial charge is 0.241 e. The Morgan fingerprint density at radius 3 is 2.76 bits per heavy atom. The fraction of sp³-hybridized carbons (Fsp3) is 0.364. The maximum Gasteiger partial charge on any atom is 0.241 e. The van der Waals surface area contributed by atoms with Crippen molar-refractivity contribution in [2.75, 3.05) is 37.3 Å². The largest absolute Gasteiger partial charge is 0.397 e. The number of nitrogens with zero attached hydrogens (tertiary/aromatic N) is 2. The molecule has 1 heterocycles. The van der Waals surface area contributed by atoms with Crippen LogP contribution in [-0.2, 0) is 4.79 Å². The van der Waals surface area contributed by atoms with Gasteiger partial charge in [0.1, 0.15) is 5.82 Å². The van der Waals surface area contributed by atoms with Crippen molar-refractivity contribution in [2.45, 2.75) is 0 Å². The van der Waals surface area contributed by atoms with Crippen molar-refractivity contribution >= 4 is 28.9 Å². The summed E-state index contributed by atoms with van der Waals surface area (Å²) in [6.07, 6.45) is 0. The Balaban J connectivity index is 2.29. The summed E-state index contributed by atoms with van der Waals surface area (Å²) in [6.45, 7) is 1.52. The summed E-state index contributed by atoms with van der Waals surface area (Å²) in [5, 5.41) is 0.0144. The highest BCUT2D eigenvalue weighted by atomic mass is 35.5. The van der Waals surface area contributed by atoms with Gasteiger partial charge in [0.15, 0.2) is 0 Å².